The molecule has 0 spiro atoms. The molecule has 0 aromatic heterocycles. The number of anilines is 1. The van der Waals surface area contributed by atoms with Crippen LogP contribution in [0.1, 0.15) is 29.6 Å². The predicted molar refractivity (Wildman–Crippen MR) is 130 cm³/mol. The van der Waals surface area contributed by atoms with E-state index in [1.807, 2.05) is 18.2 Å². The highest BCUT2D eigenvalue weighted by atomic mass is 35.5. The Hall–Kier alpha value is -2.58. The van der Waals surface area contributed by atoms with E-state index in [0.717, 1.165) is 19.3 Å². The summed E-state index contributed by atoms with van der Waals surface area (Å²) in [4.78, 5) is 13.1. The molecular formula is C24H22Cl2N2O4S. The first-order chi connectivity index (χ1) is 15.8. The zero-order chi connectivity index (χ0) is 23.4. The van der Waals surface area contributed by atoms with E-state index in [1.165, 1.54) is 22.5 Å². The number of amides is 1. The number of sulfonamides is 1. The first kappa shape index (κ1) is 23.6. The van der Waals surface area contributed by atoms with Crippen LogP contribution in [0.5, 0.6) is 11.5 Å². The number of carbonyl (C=O) groups is 1. The molecule has 6 nitrogen and oxygen atoms in total. The number of ether oxygens (including phenoxy) is 1. The zero-order valence-corrected chi connectivity index (χ0v) is 20.0. The Labute approximate surface area is 203 Å². The molecule has 0 saturated carbocycles. The normalized spacial score (nSPS) is 14.6. The van der Waals surface area contributed by atoms with Gasteiger partial charge in [-0.05, 0) is 61.4 Å². The molecule has 1 heterocycles. The minimum absolute atomic E-state index is 0.0332. The molecular weight excluding hydrogens is 483 g/mol. The quantitative estimate of drug-likeness (QED) is 0.432. The number of carbonyl (C=O) groups excluding carboxylic acids is 1. The Morgan fingerprint density at radius 3 is 2.36 bits per heavy atom. The molecule has 3 aromatic carbocycles. The Kier molecular flexibility index (Phi) is 7.24. The van der Waals surface area contributed by atoms with Crippen LogP contribution in [0.3, 0.4) is 0 Å². The van der Waals surface area contributed by atoms with Crippen molar-refractivity contribution in [3.05, 3.63) is 82.3 Å². The number of hydrogen-bond donors (Lipinski definition) is 1. The SMILES string of the molecule is O=C(Nc1cc(Cl)ccc1Oc1ccccc1)c1cc(S(=O)(=O)N2CCCCC2)ccc1Cl. The summed E-state index contributed by atoms with van der Waals surface area (Å²) in [6.07, 6.45) is 2.64. The van der Waals surface area contributed by atoms with Gasteiger partial charge in [-0.1, -0.05) is 47.8 Å². The van der Waals surface area contributed by atoms with Crippen molar-refractivity contribution < 1.29 is 17.9 Å². The summed E-state index contributed by atoms with van der Waals surface area (Å²) in [5, 5.41) is 3.28. The molecule has 3 aromatic rings. The smallest absolute Gasteiger partial charge is 0.257 e. The molecule has 1 amide bonds. The fourth-order valence-electron chi connectivity index (χ4n) is 3.59. The van der Waals surface area contributed by atoms with Gasteiger partial charge in [0.2, 0.25) is 10.0 Å². The Morgan fingerprint density at radius 1 is 0.909 bits per heavy atom. The van der Waals surface area contributed by atoms with Crippen molar-refractivity contribution in [3.63, 3.8) is 0 Å². The van der Waals surface area contributed by atoms with Crippen LogP contribution >= 0.6 is 23.2 Å². The van der Waals surface area contributed by atoms with Crippen molar-refractivity contribution in [1.82, 2.24) is 4.31 Å². The lowest BCUT2D eigenvalue weighted by atomic mass is 10.2. The summed E-state index contributed by atoms with van der Waals surface area (Å²) < 4.78 is 33.4. The van der Waals surface area contributed by atoms with Crippen molar-refractivity contribution in [2.24, 2.45) is 0 Å². The highest BCUT2D eigenvalue weighted by Gasteiger charge is 2.27. The monoisotopic (exact) mass is 504 g/mol. The fraction of sp³-hybridized carbons (Fsp3) is 0.208. The largest absolute Gasteiger partial charge is 0.455 e. The summed E-state index contributed by atoms with van der Waals surface area (Å²) in [6, 6.07) is 18.1. The van der Waals surface area contributed by atoms with Crippen LogP contribution in [0.25, 0.3) is 0 Å². The fourth-order valence-corrected chi connectivity index (χ4v) is 5.51. The van der Waals surface area contributed by atoms with Crippen molar-refractivity contribution in [2.75, 3.05) is 18.4 Å². The molecule has 1 N–H and O–H groups in total. The van der Waals surface area contributed by atoms with E-state index in [0.29, 0.717) is 35.3 Å². The summed E-state index contributed by atoms with van der Waals surface area (Å²) in [5.74, 6) is 0.394. The number of para-hydroxylation sites is 1. The van der Waals surface area contributed by atoms with Crippen LogP contribution in [0, 0.1) is 0 Å². The van der Waals surface area contributed by atoms with Gasteiger partial charge in [0, 0.05) is 18.1 Å². The van der Waals surface area contributed by atoms with E-state index >= 15 is 0 Å². The van der Waals surface area contributed by atoms with E-state index in [-0.39, 0.29) is 15.5 Å². The highest BCUT2D eigenvalue weighted by molar-refractivity contribution is 7.89. The second kappa shape index (κ2) is 10.1. The number of nitrogens with zero attached hydrogens (tertiary/aromatic N) is 1. The van der Waals surface area contributed by atoms with E-state index < -0.39 is 15.9 Å². The van der Waals surface area contributed by atoms with Gasteiger partial charge >= 0.3 is 0 Å². The molecule has 0 radical (unpaired) electrons. The van der Waals surface area contributed by atoms with Gasteiger partial charge in [-0.15, -0.1) is 0 Å². The van der Waals surface area contributed by atoms with Crippen LogP contribution in [0.15, 0.2) is 71.6 Å². The number of benzene rings is 3. The summed E-state index contributed by atoms with van der Waals surface area (Å²) in [7, 11) is -3.71. The zero-order valence-electron chi connectivity index (χ0n) is 17.6. The molecule has 0 bridgehead atoms. The molecule has 0 unspecified atom stereocenters. The molecule has 4 rings (SSSR count). The molecule has 1 aliphatic rings. The standard InChI is InChI=1S/C24H22Cl2N2O4S/c25-17-9-12-23(32-18-7-3-1-4-8-18)22(15-17)27-24(29)20-16-19(10-11-21(20)26)33(30,31)28-13-5-2-6-14-28/h1,3-4,7-12,15-16H,2,5-6,13-14H2,(H,27,29). The second-order valence-corrected chi connectivity index (χ2v) is 10.4. The van der Waals surface area contributed by atoms with Crippen LogP contribution in [0.2, 0.25) is 10.0 Å². The van der Waals surface area contributed by atoms with Gasteiger partial charge in [0.15, 0.2) is 5.75 Å². The van der Waals surface area contributed by atoms with Crippen molar-refractivity contribution in [1.29, 1.82) is 0 Å². The average Bonchev–Trinajstić information content (AvgIpc) is 2.82. The lowest BCUT2D eigenvalue weighted by molar-refractivity contribution is 0.102. The first-order valence-electron chi connectivity index (χ1n) is 10.5. The minimum atomic E-state index is -3.71. The van der Waals surface area contributed by atoms with Gasteiger partial charge in [0.25, 0.3) is 5.91 Å². The van der Waals surface area contributed by atoms with Crippen LogP contribution in [-0.4, -0.2) is 31.7 Å². The topological polar surface area (TPSA) is 75.7 Å². The third kappa shape index (κ3) is 5.50. The molecule has 0 aliphatic carbocycles. The van der Waals surface area contributed by atoms with Crippen molar-refractivity contribution in [2.45, 2.75) is 24.2 Å². The predicted octanol–water partition coefficient (Wildman–Crippen LogP) is 6.21. The number of piperidine rings is 1. The van der Waals surface area contributed by atoms with Crippen molar-refractivity contribution in [3.8, 4) is 11.5 Å². The maximum atomic E-state index is 13.1. The lowest BCUT2D eigenvalue weighted by Gasteiger charge is -2.26. The van der Waals surface area contributed by atoms with Crippen LogP contribution < -0.4 is 10.1 Å². The third-order valence-electron chi connectivity index (χ3n) is 5.30. The van der Waals surface area contributed by atoms with Gasteiger partial charge in [-0.25, -0.2) is 8.42 Å². The summed E-state index contributed by atoms with van der Waals surface area (Å²) in [5.41, 5.74) is 0.372. The van der Waals surface area contributed by atoms with Gasteiger partial charge in [0.1, 0.15) is 5.75 Å². The molecule has 9 heteroatoms. The van der Waals surface area contributed by atoms with Gasteiger partial charge in [0.05, 0.1) is 21.2 Å². The molecule has 1 aliphatic heterocycles. The van der Waals surface area contributed by atoms with Crippen LogP contribution in [0.4, 0.5) is 5.69 Å². The number of halogens is 2. The molecule has 33 heavy (non-hydrogen) atoms. The second-order valence-electron chi connectivity index (χ2n) is 7.62. The van der Waals surface area contributed by atoms with Gasteiger partial charge in [-0.3, -0.25) is 4.79 Å². The molecule has 1 fully saturated rings. The summed E-state index contributed by atoms with van der Waals surface area (Å²) >= 11 is 12.4. The molecule has 172 valence electrons. The third-order valence-corrected chi connectivity index (χ3v) is 7.76. The lowest BCUT2D eigenvalue weighted by Crippen LogP contribution is -2.35. The maximum absolute atomic E-state index is 13.1. The Balaban J connectivity index is 1.62. The summed E-state index contributed by atoms with van der Waals surface area (Å²) in [6.45, 7) is 0.935. The van der Waals surface area contributed by atoms with E-state index in [4.69, 9.17) is 27.9 Å². The molecule has 0 atom stereocenters. The Bertz CT molecular complexity index is 1260. The maximum Gasteiger partial charge on any atom is 0.257 e. The van der Waals surface area contributed by atoms with E-state index in [1.54, 1.807) is 30.3 Å². The van der Waals surface area contributed by atoms with E-state index in [2.05, 4.69) is 5.32 Å². The van der Waals surface area contributed by atoms with Gasteiger partial charge < -0.3 is 10.1 Å². The van der Waals surface area contributed by atoms with Gasteiger partial charge in [-0.2, -0.15) is 4.31 Å². The number of hydrogen-bond acceptors (Lipinski definition) is 4. The molecule has 1 saturated heterocycles. The van der Waals surface area contributed by atoms with Crippen molar-refractivity contribution >= 4 is 44.8 Å². The highest BCUT2D eigenvalue weighted by Crippen LogP contribution is 2.33. The Morgan fingerprint density at radius 2 is 1.64 bits per heavy atom. The van der Waals surface area contributed by atoms with E-state index in [9.17, 15) is 13.2 Å². The average molecular weight is 505 g/mol. The number of rotatable bonds is 6. The first-order valence-corrected chi connectivity index (χ1v) is 12.7. The number of nitrogens with one attached hydrogen (secondary N) is 1. The minimum Gasteiger partial charge on any atom is -0.455 e. The van der Waals surface area contributed by atoms with Crippen LogP contribution in [-0.2, 0) is 10.0 Å².